The van der Waals surface area contributed by atoms with Crippen LogP contribution in [0.5, 0.6) is 0 Å². The van der Waals surface area contributed by atoms with Gasteiger partial charge >= 0.3 is 12.1 Å². The fourth-order valence-corrected chi connectivity index (χ4v) is 9.31. The lowest BCUT2D eigenvalue weighted by Crippen LogP contribution is -2.54. The lowest BCUT2D eigenvalue weighted by Gasteiger charge is -2.40. The van der Waals surface area contributed by atoms with E-state index in [1.807, 2.05) is 65.8 Å². The van der Waals surface area contributed by atoms with E-state index in [0.717, 1.165) is 23.3 Å². The van der Waals surface area contributed by atoms with Crippen LogP contribution in [0, 0.1) is 17.3 Å². The summed E-state index contributed by atoms with van der Waals surface area (Å²) in [5.74, 6) is -0.941. The molecule has 15 heteroatoms. The first kappa shape index (κ1) is 43.7. The van der Waals surface area contributed by atoms with Gasteiger partial charge in [0.2, 0.25) is 11.9 Å². The van der Waals surface area contributed by atoms with E-state index in [4.69, 9.17) is 19.2 Å². The Balaban J connectivity index is 1.34. The highest BCUT2D eigenvalue weighted by molar-refractivity contribution is 7.17. The predicted molar refractivity (Wildman–Crippen MR) is 219 cm³/mol. The van der Waals surface area contributed by atoms with Crippen LogP contribution in [-0.4, -0.2) is 87.5 Å². The standard InChI is InChI=1S/C42H60N6O8S/c1-12-54-33(51)27-20-23-48(24-21-27)32(50)31-29(45-36(57-31)43-25(2)49)18-15-26-13-16-28(17-14-26)44-35(46-37(53)55-38(3,4)5)47-42-30(40(42,9)10)19-22-41(11,34(42)52)56-39(6,7)8/h13-14,16-17,27,30H,12,15,18-24H2,1-11H3,(H,43,45,49)(H2,44,46,47,53). The molecule has 2 saturated carbocycles. The molecule has 3 atom stereocenters. The second-order valence-corrected chi connectivity index (χ2v) is 19.1. The van der Waals surface area contributed by atoms with Crippen molar-refractivity contribution in [2.45, 2.75) is 137 Å². The molecule has 3 fully saturated rings. The number of fused-ring (bicyclic) bond motifs is 1. The van der Waals surface area contributed by atoms with E-state index < -0.39 is 33.9 Å². The van der Waals surface area contributed by atoms with Gasteiger partial charge in [-0.25, -0.2) is 14.8 Å². The summed E-state index contributed by atoms with van der Waals surface area (Å²) in [6.07, 6.45) is 2.66. The van der Waals surface area contributed by atoms with Crippen molar-refractivity contribution < 1.29 is 38.2 Å². The maximum absolute atomic E-state index is 14.4. The quantitative estimate of drug-likeness (QED) is 0.130. The summed E-state index contributed by atoms with van der Waals surface area (Å²) in [5.41, 5.74) is -1.77. The number of rotatable bonds is 10. The normalized spacial score (nSPS) is 23.6. The van der Waals surface area contributed by atoms with Gasteiger partial charge in [0.05, 0.1) is 23.8 Å². The average Bonchev–Trinajstić information content (AvgIpc) is 3.33. The molecule has 2 heterocycles. The van der Waals surface area contributed by atoms with E-state index in [2.05, 4.69) is 20.9 Å². The minimum absolute atomic E-state index is 0.0289. The van der Waals surface area contributed by atoms with Gasteiger partial charge in [-0.1, -0.05) is 37.3 Å². The number of hydrogen-bond donors (Lipinski definition) is 3. The number of aliphatic imine (C=N–C) groups is 1. The molecule has 0 bridgehead atoms. The second kappa shape index (κ2) is 16.5. The summed E-state index contributed by atoms with van der Waals surface area (Å²) in [5, 5.41) is 9.09. The monoisotopic (exact) mass is 808 g/mol. The largest absolute Gasteiger partial charge is 0.466 e. The summed E-state index contributed by atoms with van der Waals surface area (Å²) < 4.78 is 17.1. The molecule has 57 heavy (non-hydrogen) atoms. The molecule has 1 aromatic carbocycles. The number of hydrogen-bond acceptors (Lipinski definition) is 11. The smallest absolute Gasteiger partial charge is 0.414 e. The Morgan fingerprint density at radius 3 is 2.18 bits per heavy atom. The van der Waals surface area contributed by atoms with Gasteiger partial charge in [0, 0.05) is 31.1 Å². The number of likely N-dealkylation sites (tertiary alicyclic amines) is 1. The zero-order valence-corrected chi connectivity index (χ0v) is 36.2. The van der Waals surface area contributed by atoms with Gasteiger partial charge in [0.15, 0.2) is 10.9 Å². The average molecular weight is 809 g/mol. The molecule has 3 N–H and O–H groups in total. The first-order chi connectivity index (χ1) is 26.5. The highest BCUT2D eigenvalue weighted by atomic mass is 32.1. The third-order valence-electron chi connectivity index (χ3n) is 10.9. The molecule has 2 aromatic rings. The number of Topliss-reactive ketones (excluding diaryl/α,β-unsaturated/α-hetero) is 1. The fourth-order valence-electron chi connectivity index (χ4n) is 8.28. The van der Waals surface area contributed by atoms with Gasteiger partial charge in [-0.05, 0) is 118 Å². The van der Waals surface area contributed by atoms with Gasteiger partial charge in [0.1, 0.15) is 21.6 Å². The number of aryl methyl sites for hydroxylation is 2. The van der Waals surface area contributed by atoms with Crippen LogP contribution in [0.3, 0.4) is 0 Å². The lowest BCUT2D eigenvalue weighted by atomic mass is 9.80. The summed E-state index contributed by atoms with van der Waals surface area (Å²) in [4.78, 5) is 77.3. The van der Waals surface area contributed by atoms with Crippen LogP contribution in [0.15, 0.2) is 29.3 Å². The number of esters is 1. The number of alkyl carbamates (subject to hydrolysis) is 1. The molecule has 312 valence electrons. The second-order valence-electron chi connectivity index (χ2n) is 18.1. The number of ketones is 1. The molecule has 3 aliphatic rings. The minimum Gasteiger partial charge on any atom is -0.466 e. The Bertz CT molecular complexity index is 1890. The van der Waals surface area contributed by atoms with E-state index >= 15 is 0 Å². The van der Waals surface area contributed by atoms with Crippen molar-refractivity contribution in [1.82, 2.24) is 15.2 Å². The number of carbonyl (C=O) groups is 5. The third kappa shape index (κ3) is 10.0. The summed E-state index contributed by atoms with van der Waals surface area (Å²) in [6, 6.07) is 7.57. The maximum Gasteiger partial charge on any atom is 0.414 e. The number of nitrogens with zero attached hydrogens (tertiary/aromatic N) is 3. The topological polar surface area (TPSA) is 178 Å². The van der Waals surface area contributed by atoms with E-state index in [9.17, 15) is 24.0 Å². The van der Waals surface area contributed by atoms with Crippen LogP contribution >= 0.6 is 11.3 Å². The first-order valence-electron chi connectivity index (χ1n) is 19.9. The Morgan fingerprint density at radius 2 is 1.60 bits per heavy atom. The van der Waals surface area contributed by atoms with Crippen molar-refractivity contribution in [2.24, 2.45) is 22.2 Å². The number of guanidine groups is 1. The van der Waals surface area contributed by atoms with Gasteiger partial charge in [-0.3, -0.25) is 24.5 Å². The highest BCUT2D eigenvalue weighted by Crippen LogP contribution is 2.70. The number of ether oxygens (including phenoxy) is 3. The van der Waals surface area contributed by atoms with Crippen LogP contribution in [0.2, 0.25) is 0 Å². The Labute approximate surface area is 340 Å². The number of nitrogens with one attached hydrogen (secondary N) is 3. The molecule has 14 nitrogen and oxygen atoms in total. The maximum atomic E-state index is 14.4. The molecule has 3 unspecified atom stereocenters. The van der Waals surface area contributed by atoms with Crippen LogP contribution < -0.4 is 16.0 Å². The van der Waals surface area contributed by atoms with Crippen LogP contribution in [0.25, 0.3) is 0 Å². The number of thiazole rings is 1. The molecular weight excluding hydrogens is 749 g/mol. The zero-order chi connectivity index (χ0) is 42.1. The van der Waals surface area contributed by atoms with Crippen molar-refractivity contribution in [3.05, 3.63) is 40.4 Å². The van der Waals surface area contributed by atoms with Gasteiger partial charge in [0.25, 0.3) is 5.91 Å². The molecule has 1 aliphatic heterocycles. The predicted octanol–water partition coefficient (Wildman–Crippen LogP) is 6.93. The Kier molecular flexibility index (Phi) is 12.6. The Morgan fingerprint density at radius 1 is 0.947 bits per heavy atom. The van der Waals surface area contributed by atoms with Gasteiger partial charge in [-0.2, -0.15) is 0 Å². The first-order valence-corrected chi connectivity index (χ1v) is 20.7. The van der Waals surface area contributed by atoms with E-state index in [1.165, 1.54) is 6.92 Å². The molecule has 1 saturated heterocycles. The molecule has 3 amide bonds. The molecule has 5 rings (SSSR count). The zero-order valence-electron chi connectivity index (χ0n) is 35.3. The molecule has 0 radical (unpaired) electrons. The number of aromatic nitrogens is 1. The summed E-state index contributed by atoms with van der Waals surface area (Å²) in [6.45, 7) is 21.4. The molecule has 2 aliphatic carbocycles. The number of piperidine rings is 1. The highest BCUT2D eigenvalue weighted by Gasteiger charge is 2.80. The van der Waals surface area contributed by atoms with Gasteiger partial charge in [-0.15, -0.1) is 0 Å². The Hall–Kier alpha value is -4.37. The molecule has 1 aromatic heterocycles. The van der Waals surface area contributed by atoms with Crippen molar-refractivity contribution in [2.75, 3.05) is 30.3 Å². The molecular formula is C42H60N6O8S. The van der Waals surface area contributed by atoms with E-state index in [-0.39, 0.29) is 41.4 Å². The summed E-state index contributed by atoms with van der Waals surface area (Å²) in [7, 11) is 0. The van der Waals surface area contributed by atoms with Crippen LogP contribution in [0.4, 0.5) is 15.6 Å². The number of carbonyl (C=O) groups excluding carboxylic acids is 5. The fraction of sp³-hybridized carbons (Fsp3) is 0.643. The molecule has 0 spiro atoms. The van der Waals surface area contributed by atoms with E-state index in [0.29, 0.717) is 73.2 Å². The number of amides is 3. The summed E-state index contributed by atoms with van der Waals surface area (Å²) >= 11 is 1.15. The van der Waals surface area contributed by atoms with E-state index in [1.54, 1.807) is 32.6 Å². The minimum atomic E-state index is -1.11. The SMILES string of the molecule is CCOC(=O)C1CCN(C(=O)c2sc(NC(C)=O)nc2CCc2ccc(NC(=NC34C(=O)C(C)(OC(C)(C)C)CCC3C4(C)C)NC(=O)OC(C)(C)C)cc2)CC1. The lowest BCUT2D eigenvalue weighted by molar-refractivity contribution is -0.169. The van der Waals surface area contributed by atoms with Crippen LogP contribution in [0.1, 0.15) is 123 Å². The van der Waals surface area contributed by atoms with Crippen molar-refractivity contribution in [3.63, 3.8) is 0 Å². The van der Waals surface area contributed by atoms with Crippen molar-refractivity contribution >= 4 is 57.8 Å². The van der Waals surface area contributed by atoms with Crippen molar-refractivity contribution in [1.29, 1.82) is 0 Å². The number of benzene rings is 1. The third-order valence-corrected chi connectivity index (χ3v) is 11.9. The van der Waals surface area contributed by atoms with Crippen molar-refractivity contribution in [3.8, 4) is 0 Å². The van der Waals surface area contributed by atoms with Crippen LogP contribution in [-0.2, 0) is 41.4 Å². The number of anilines is 2. The van der Waals surface area contributed by atoms with Gasteiger partial charge < -0.3 is 29.7 Å².